The van der Waals surface area contributed by atoms with Gasteiger partial charge in [0.2, 0.25) is 0 Å². The van der Waals surface area contributed by atoms with Gasteiger partial charge in [0.1, 0.15) is 18.1 Å². The van der Waals surface area contributed by atoms with E-state index in [1.54, 1.807) is 31.3 Å². The quantitative estimate of drug-likeness (QED) is 0.322. The third-order valence-corrected chi connectivity index (χ3v) is 6.97. The van der Waals surface area contributed by atoms with Gasteiger partial charge in [-0.3, -0.25) is 4.98 Å². The zero-order valence-corrected chi connectivity index (χ0v) is 19.7. The highest BCUT2D eigenvalue weighted by Gasteiger charge is 2.16. The predicted octanol–water partition coefficient (Wildman–Crippen LogP) is 5.18. The highest BCUT2D eigenvalue weighted by Crippen LogP contribution is 2.36. The molecule has 1 N–H and O–H groups in total. The Morgan fingerprint density at radius 2 is 1.74 bits per heavy atom. The van der Waals surface area contributed by atoms with Crippen molar-refractivity contribution >= 4 is 20.9 Å². The molecular formula is C26H22N4O4S. The molecule has 0 saturated carbocycles. The van der Waals surface area contributed by atoms with E-state index >= 15 is 0 Å². The number of aromatic amines is 1. The number of imidazole rings is 1. The Kier molecular flexibility index (Phi) is 6.15. The second kappa shape index (κ2) is 9.55. The van der Waals surface area contributed by atoms with Crippen molar-refractivity contribution in [2.24, 2.45) is 0 Å². The topological polar surface area (TPSA) is 107 Å². The zero-order chi connectivity index (χ0) is 24.3. The summed E-state index contributed by atoms with van der Waals surface area (Å²) in [5.74, 6) is 1.92. The number of fused-ring (bicyclic) bond motifs is 1. The van der Waals surface area contributed by atoms with Crippen molar-refractivity contribution in [2.45, 2.75) is 18.6 Å². The van der Waals surface area contributed by atoms with Crippen molar-refractivity contribution in [2.75, 3.05) is 5.75 Å². The molecule has 0 unspecified atom stereocenters. The third-order valence-electron chi connectivity index (χ3n) is 5.33. The van der Waals surface area contributed by atoms with E-state index in [0.29, 0.717) is 35.2 Å². The van der Waals surface area contributed by atoms with Gasteiger partial charge < -0.3 is 14.5 Å². The fourth-order valence-electron chi connectivity index (χ4n) is 3.46. The lowest BCUT2D eigenvalue weighted by atomic mass is 10.2. The van der Waals surface area contributed by atoms with Crippen LogP contribution in [0.15, 0.2) is 90.2 Å². The Bertz CT molecular complexity index is 1550. The van der Waals surface area contributed by atoms with Gasteiger partial charge in [0.25, 0.3) is 0 Å². The highest BCUT2D eigenvalue weighted by molar-refractivity contribution is 7.91. The van der Waals surface area contributed by atoms with Crippen molar-refractivity contribution < 1.29 is 17.9 Å². The van der Waals surface area contributed by atoms with Crippen molar-refractivity contribution in [1.82, 2.24) is 19.9 Å². The van der Waals surface area contributed by atoms with E-state index in [1.165, 1.54) is 12.3 Å². The van der Waals surface area contributed by atoms with Crippen LogP contribution < -0.4 is 9.47 Å². The molecule has 0 aliphatic rings. The van der Waals surface area contributed by atoms with Crippen LogP contribution >= 0.6 is 0 Å². The maximum Gasteiger partial charge on any atom is 0.195 e. The number of H-pyrrole nitrogens is 1. The minimum absolute atomic E-state index is 0.0110. The third kappa shape index (κ3) is 4.99. The van der Waals surface area contributed by atoms with Gasteiger partial charge in [-0.15, -0.1) is 0 Å². The Morgan fingerprint density at radius 3 is 2.46 bits per heavy atom. The molecule has 5 aromatic rings. The summed E-state index contributed by atoms with van der Waals surface area (Å²) in [5.41, 5.74) is 3.16. The largest absolute Gasteiger partial charge is 0.485 e. The zero-order valence-electron chi connectivity index (χ0n) is 18.9. The van der Waals surface area contributed by atoms with Crippen LogP contribution in [-0.2, 0) is 16.4 Å². The Hall–Kier alpha value is -4.24. The van der Waals surface area contributed by atoms with E-state index in [0.717, 1.165) is 16.8 Å². The molecule has 0 radical (unpaired) electrons. The minimum Gasteiger partial charge on any atom is -0.485 e. The molecule has 3 heterocycles. The summed E-state index contributed by atoms with van der Waals surface area (Å²) in [7, 11) is -3.40. The maximum atomic E-state index is 12.1. The number of nitrogens with zero attached hydrogens (tertiary/aromatic N) is 3. The van der Waals surface area contributed by atoms with E-state index in [1.807, 2.05) is 48.5 Å². The standard InChI is InChI=1S/C26H22N4O4S/c1-2-35(31,32)25-12-11-19(16-28-25)34-24-15-22-21(29-26(30-22)20-10-6-7-13-27-20)14-23(24)33-17-18-8-4-3-5-9-18/h3-16H,2,17H2,1H3,(H,29,30). The maximum absolute atomic E-state index is 12.1. The van der Waals surface area contributed by atoms with Crippen LogP contribution in [0.4, 0.5) is 0 Å². The number of aromatic nitrogens is 4. The van der Waals surface area contributed by atoms with Crippen LogP contribution in [0.25, 0.3) is 22.6 Å². The molecule has 0 amide bonds. The number of rotatable bonds is 8. The van der Waals surface area contributed by atoms with E-state index in [-0.39, 0.29) is 10.8 Å². The van der Waals surface area contributed by atoms with E-state index < -0.39 is 9.84 Å². The average Bonchev–Trinajstić information content (AvgIpc) is 3.32. The van der Waals surface area contributed by atoms with Crippen molar-refractivity contribution in [3.05, 3.63) is 90.8 Å². The van der Waals surface area contributed by atoms with E-state index in [4.69, 9.17) is 9.47 Å². The molecule has 8 nitrogen and oxygen atoms in total. The van der Waals surface area contributed by atoms with Gasteiger partial charge in [-0.25, -0.2) is 18.4 Å². The number of pyridine rings is 2. The van der Waals surface area contributed by atoms with Crippen LogP contribution in [0, 0.1) is 0 Å². The summed E-state index contributed by atoms with van der Waals surface area (Å²) < 4.78 is 36.3. The fourth-order valence-corrected chi connectivity index (χ4v) is 4.24. The van der Waals surface area contributed by atoms with Crippen molar-refractivity contribution in [3.63, 3.8) is 0 Å². The van der Waals surface area contributed by atoms with Crippen LogP contribution in [0.3, 0.4) is 0 Å². The molecule has 0 aliphatic heterocycles. The molecule has 5 rings (SSSR count). The Balaban J connectivity index is 1.50. The smallest absolute Gasteiger partial charge is 0.195 e. The van der Waals surface area contributed by atoms with Gasteiger partial charge in [-0.05, 0) is 29.8 Å². The van der Waals surface area contributed by atoms with Crippen LogP contribution in [0.1, 0.15) is 12.5 Å². The van der Waals surface area contributed by atoms with Crippen molar-refractivity contribution in [3.8, 4) is 28.8 Å². The molecule has 0 bridgehead atoms. The first-order valence-electron chi connectivity index (χ1n) is 11.0. The number of hydrogen-bond donors (Lipinski definition) is 1. The molecule has 3 aromatic heterocycles. The van der Waals surface area contributed by atoms with E-state index in [2.05, 4.69) is 19.9 Å². The van der Waals surface area contributed by atoms with Gasteiger partial charge >= 0.3 is 0 Å². The fraction of sp³-hybridized carbons (Fsp3) is 0.115. The Morgan fingerprint density at radius 1 is 0.914 bits per heavy atom. The van der Waals surface area contributed by atoms with Crippen LogP contribution in [-0.4, -0.2) is 34.1 Å². The highest BCUT2D eigenvalue weighted by atomic mass is 32.2. The molecule has 176 valence electrons. The molecule has 0 atom stereocenters. The summed E-state index contributed by atoms with van der Waals surface area (Å²) in [6.07, 6.45) is 3.10. The van der Waals surface area contributed by atoms with Gasteiger partial charge in [0.05, 0.1) is 23.0 Å². The SMILES string of the molecule is CCS(=O)(=O)c1ccc(Oc2cc3[nH]c(-c4ccccn4)nc3cc2OCc2ccccc2)cn1. The number of benzene rings is 2. The summed E-state index contributed by atoms with van der Waals surface area (Å²) in [4.78, 5) is 16.4. The van der Waals surface area contributed by atoms with Gasteiger partial charge in [0.15, 0.2) is 32.2 Å². The Labute approximate surface area is 202 Å². The summed E-state index contributed by atoms with van der Waals surface area (Å²) >= 11 is 0. The normalized spacial score (nSPS) is 11.5. The monoisotopic (exact) mass is 486 g/mol. The van der Waals surface area contributed by atoms with Crippen LogP contribution in [0.5, 0.6) is 17.2 Å². The molecule has 0 spiro atoms. The first-order valence-corrected chi connectivity index (χ1v) is 12.7. The van der Waals surface area contributed by atoms with Crippen LogP contribution in [0.2, 0.25) is 0 Å². The first kappa shape index (κ1) is 22.5. The lowest BCUT2D eigenvalue weighted by molar-refractivity contribution is 0.292. The second-order valence-corrected chi connectivity index (χ2v) is 9.95. The summed E-state index contributed by atoms with van der Waals surface area (Å²) in [6, 6.07) is 22.0. The number of hydrogen-bond acceptors (Lipinski definition) is 7. The predicted molar refractivity (Wildman–Crippen MR) is 132 cm³/mol. The lowest BCUT2D eigenvalue weighted by Gasteiger charge is -2.13. The molecule has 0 aliphatic carbocycles. The van der Waals surface area contributed by atoms with Gasteiger partial charge in [-0.2, -0.15) is 0 Å². The summed E-state index contributed by atoms with van der Waals surface area (Å²) in [6.45, 7) is 1.92. The number of sulfone groups is 1. The molecule has 9 heteroatoms. The van der Waals surface area contributed by atoms with Crippen molar-refractivity contribution in [1.29, 1.82) is 0 Å². The number of ether oxygens (including phenoxy) is 2. The molecule has 2 aromatic carbocycles. The average molecular weight is 487 g/mol. The van der Waals surface area contributed by atoms with Gasteiger partial charge in [0, 0.05) is 18.3 Å². The van der Waals surface area contributed by atoms with Gasteiger partial charge in [-0.1, -0.05) is 43.3 Å². The first-order chi connectivity index (χ1) is 17.0. The lowest BCUT2D eigenvalue weighted by Crippen LogP contribution is -2.05. The van der Waals surface area contributed by atoms with E-state index in [9.17, 15) is 8.42 Å². The second-order valence-electron chi connectivity index (χ2n) is 7.73. The molecule has 0 fully saturated rings. The molecule has 35 heavy (non-hydrogen) atoms. The minimum atomic E-state index is -3.40. The number of nitrogens with one attached hydrogen (secondary N) is 1. The molecule has 0 saturated heterocycles. The molecular weight excluding hydrogens is 464 g/mol. The summed E-state index contributed by atoms with van der Waals surface area (Å²) in [5, 5.41) is 0.0110.